The van der Waals surface area contributed by atoms with Crippen molar-refractivity contribution in [2.75, 3.05) is 10.6 Å². The summed E-state index contributed by atoms with van der Waals surface area (Å²) in [6.07, 6.45) is 2.25. The summed E-state index contributed by atoms with van der Waals surface area (Å²) >= 11 is 2.82. The highest BCUT2D eigenvalue weighted by Crippen LogP contribution is 2.30. The van der Waals surface area contributed by atoms with Crippen LogP contribution in [0.2, 0.25) is 0 Å². The zero-order valence-electron chi connectivity index (χ0n) is 30.2. The lowest BCUT2D eigenvalue weighted by Crippen LogP contribution is -2.40. The molecule has 0 bridgehead atoms. The quantitative estimate of drug-likeness (QED) is 0.131. The van der Waals surface area contributed by atoms with Crippen molar-refractivity contribution in [1.29, 1.82) is 0 Å². The number of hydrogen-bond acceptors (Lipinski definition) is 10. The highest BCUT2D eigenvalue weighted by molar-refractivity contribution is 7.12. The van der Waals surface area contributed by atoms with Gasteiger partial charge in [-0.1, -0.05) is 36.4 Å². The summed E-state index contributed by atoms with van der Waals surface area (Å²) in [5.41, 5.74) is 1.87. The van der Waals surface area contributed by atoms with Gasteiger partial charge in [0.15, 0.2) is 6.04 Å². The van der Waals surface area contributed by atoms with E-state index in [2.05, 4.69) is 25.9 Å². The molecule has 7 rings (SSSR count). The molecule has 0 radical (unpaired) electrons. The number of ketones is 1. The molecule has 0 saturated heterocycles. The zero-order chi connectivity index (χ0) is 39.8. The number of alkyl carbamates (subject to hydrolysis) is 1. The van der Waals surface area contributed by atoms with Crippen LogP contribution in [0.25, 0.3) is 0 Å². The molecule has 15 heteroatoms. The molecule has 0 aliphatic carbocycles. The van der Waals surface area contributed by atoms with Crippen molar-refractivity contribution < 1.29 is 32.7 Å². The van der Waals surface area contributed by atoms with Crippen molar-refractivity contribution in [3.63, 3.8) is 0 Å². The van der Waals surface area contributed by atoms with E-state index in [4.69, 9.17) is 9.73 Å². The summed E-state index contributed by atoms with van der Waals surface area (Å²) < 4.78 is 31.9. The van der Waals surface area contributed by atoms with E-state index in [9.17, 15) is 28.0 Å². The minimum Gasteiger partial charge on any atom is -0.444 e. The van der Waals surface area contributed by atoms with E-state index in [1.807, 2.05) is 29.6 Å². The van der Waals surface area contributed by atoms with Gasteiger partial charge < -0.3 is 20.7 Å². The third-order valence-electron chi connectivity index (χ3n) is 7.92. The Hall–Kier alpha value is -6.45. The fourth-order valence-electron chi connectivity index (χ4n) is 5.42. The standard InChI is InChI=1S/C23H22FN3O4S.C18H12FN3OS/c1-23(2,3)31-22(30)26-18(14-8-10-15(24)11-9-14)21(29)27-20-16(6-4-12-25-20)19(28)17-7-5-13-32-17;19-12-7-5-11(6-8-12)15-18(23)22-17-13(3-1-9-20-17)16(21-15)14-4-2-10-24-14/h4-13,18H,1-3H3,(H,26,30)(H,25,27,29);1-10,15H,(H,20,22,23). The van der Waals surface area contributed by atoms with Gasteiger partial charge in [0.2, 0.25) is 5.78 Å². The molecule has 284 valence electrons. The number of rotatable bonds is 8. The Bertz CT molecular complexity index is 2360. The average Bonchev–Trinajstić information content (AvgIpc) is 3.89. The minimum absolute atomic E-state index is 0.0500. The van der Waals surface area contributed by atoms with Gasteiger partial charge in [-0.25, -0.2) is 23.5 Å². The molecule has 2 aromatic carbocycles. The van der Waals surface area contributed by atoms with Crippen LogP contribution in [0.1, 0.15) is 69.7 Å². The molecule has 2 unspecified atom stereocenters. The predicted octanol–water partition coefficient (Wildman–Crippen LogP) is 8.53. The summed E-state index contributed by atoms with van der Waals surface area (Å²) in [6, 6.07) is 23.1. The fraction of sp³-hybridized carbons (Fsp3) is 0.146. The number of carbonyl (C=O) groups excluding carboxylic acids is 4. The van der Waals surface area contributed by atoms with Crippen LogP contribution in [-0.4, -0.2) is 45.0 Å². The summed E-state index contributed by atoms with van der Waals surface area (Å²) in [7, 11) is 0. The third-order valence-corrected chi connectivity index (χ3v) is 9.66. The predicted molar refractivity (Wildman–Crippen MR) is 211 cm³/mol. The van der Waals surface area contributed by atoms with Gasteiger partial charge in [-0.3, -0.25) is 19.4 Å². The second-order valence-electron chi connectivity index (χ2n) is 13.1. The summed E-state index contributed by atoms with van der Waals surface area (Å²) in [4.78, 5) is 65.4. The van der Waals surface area contributed by atoms with E-state index in [0.29, 0.717) is 27.5 Å². The fourth-order valence-corrected chi connectivity index (χ4v) is 6.83. The van der Waals surface area contributed by atoms with Crippen molar-refractivity contribution in [2.45, 2.75) is 38.5 Å². The number of fused-ring (bicyclic) bond motifs is 1. The first-order valence-electron chi connectivity index (χ1n) is 17.1. The van der Waals surface area contributed by atoms with Gasteiger partial charge >= 0.3 is 6.09 Å². The monoisotopic (exact) mass is 792 g/mol. The molecule has 56 heavy (non-hydrogen) atoms. The van der Waals surface area contributed by atoms with Crippen LogP contribution in [0, 0.1) is 11.6 Å². The van der Waals surface area contributed by atoms with Crippen LogP contribution < -0.4 is 16.0 Å². The first kappa shape index (κ1) is 39.2. The lowest BCUT2D eigenvalue weighted by atomic mass is 10.1. The maximum absolute atomic E-state index is 13.4. The van der Waals surface area contributed by atoms with Crippen LogP contribution in [0.15, 0.2) is 125 Å². The molecular formula is C41H34F2N6O5S2. The molecule has 1 aliphatic heterocycles. The third kappa shape index (κ3) is 9.80. The van der Waals surface area contributed by atoms with Crippen molar-refractivity contribution in [3.8, 4) is 0 Å². The lowest BCUT2D eigenvalue weighted by Gasteiger charge is -2.23. The van der Waals surface area contributed by atoms with E-state index in [1.165, 1.54) is 53.9 Å². The van der Waals surface area contributed by atoms with E-state index < -0.39 is 35.5 Å². The molecule has 4 aromatic heterocycles. The maximum atomic E-state index is 13.4. The summed E-state index contributed by atoms with van der Waals surface area (Å²) in [5, 5.41) is 11.7. The second kappa shape index (κ2) is 17.3. The Morgan fingerprint density at radius 3 is 2.14 bits per heavy atom. The number of halogens is 2. The van der Waals surface area contributed by atoms with Crippen molar-refractivity contribution in [2.24, 2.45) is 4.99 Å². The van der Waals surface area contributed by atoms with Crippen molar-refractivity contribution in [3.05, 3.63) is 164 Å². The van der Waals surface area contributed by atoms with E-state index in [1.54, 1.807) is 80.1 Å². The Kier molecular flexibility index (Phi) is 12.2. The molecule has 0 saturated carbocycles. The van der Waals surface area contributed by atoms with Crippen molar-refractivity contribution in [1.82, 2.24) is 15.3 Å². The van der Waals surface area contributed by atoms with Crippen LogP contribution in [0.5, 0.6) is 0 Å². The number of aliphatic imine (C=N–C) groups is 1. The molecule has 5 heterocycles. The topological polar surface area (TPSA) is 152 Å². The van der Waals surface area contributed by atoms with E-state index in [0.717, 1.165) is 10.4 Å². The van der Waals surface area contributed by atoms with Gasteiger partial charge in [0.25, 0.3) is 11.8 Å². The minimum atomic E-state index is -1.21. The van der Waals surface area contributed by atoms with E-state index in [-0.39, 0.29) is 28.9 Å². The Labute approximate surface area is 328 Å². The number of ether oxygens (including phenoxy) is 1. The molecule has 3 N–H and O–H groups in total. The molecular weight excluding hydrogens is 759 g/mol. The maximum Gasteiger partial charge on any atom is 0.408 e. The number of benzene rings is 2. The van der Waals surface area contributed by atoms with Gasteiger partial charge in [0, 0.05) is 18.0 Å². The van der Waals surface area contributed by atoms with Gasteiger partial charge in [0.1, 0.15) is 34.9 Å². The van der Waals surface area contributed by atoms with Crippen LogP contribution in [-0.2, 0) is 14.3 Å². The van der Waals surface area contributed by atoms with Gasteiger partial charge in [-0.15, -0.1) is 22.7 Å². The molecule has 11 nitrogen and oxygen atoms in total. The largest absolute Gasteiger partial charge is 0.444 e. The van der Waals surface area contributed by atoms with Gasteiger partial charge in [0.05, 0.1) is 21.0 Å². The summed E-state index contributed by atoms with van der Waals surface area (Å²) in [6.45, 7) is 5.07. The number of anilines is 2. The average molecular weight is 793 g/mol. The Balaban J connectivity index is 0.000000197. The smallest absolute Gasteiger partial charge is 0.408 e. The van der Waals surface area contributed by atoms with Gasteiger partial charge in [-0.2, -0.15) is 0 Å². The Morgan fingerprint density at radius 1 is 0.821 bits per heavy atom. The number of hydrogen-bond donors (Lipinski definition) is 3. The van der Waals surface area contributed by atoms with Crippen molar-refractivity contribution >= 4 is 63.7 Å². The molecule has 0 spiro atoms. The number of thiophene rings is 2. The van der Waals surface area contributed by atoms with E-state index >= 15 is 0 Å². The number of amides is 3. The Morgan fingerprint density at radius 2 is 1.48 bits per heavy atom. The summed E-state index contributed by atoms with van der Waals surface area (Å²) in [5.74, 6) is -1.54. The lowest BCUT2D eigenvalue weighted by molar-refractivity contribution is -0.118. The normalized spacial score (nSPS) is 14.1. The first-order valence-corrected chi connectivity index (χ1v) is 18.8. The SMILES string of the molecule is CC(C)(C)OC(=O)NC(C(=O)Nc1ncccc1C(=O)c1cccs1)c1ccc(F)cc1.O=C1Nc2ncccc2C(c2cccs2)=NC1c1ccc(F)cc1. The molecule has 0 fully saturated rings. The first-order chi connectivity index (χ1) is 26.9. The molecule has 3 amide bonds. The zero-order valence-corrected chi connectivity index (χ0v) is 31.8. The number of nitrogens with one attached hydrogen (secondary N) is 3. The second-order valence-corrected chi connectivity index (χ2v) is 15.0. The number of carbonyl (C=O) groups is 4. The highest BCUT2D eigenvalue weighted by Gasteiger charge is 2.29. The van der Waals surface area contributed by atoms with Gasteiger partial charge in [-0.05, 0) is 103 Å². The molecule has 1 aliphatic rings. The highest BCUT2D eigenvalue weighted by atomic mass is 32.1. The number of nitrogens with zero attached hydrogens (tertiary/aromatic N) is 3. The molecule has 6 aromatic rings. The number of pyridine rings is 2. The van der Waals surface area contributed by atoms with Crippen LogP contribution in [0.3, 0.4) is 0 Å². The number of aromatic nitrogens is 2. The van der Waals surface area contributed by atoms with Crippen LogP contribution >= 0.6 is 22.7 Å². The van der Waals surface area contributed by atoms with Crippen LogP contribution in [0.4, 0.5) is 25.2 Å². The molecule has 2 atom stereocenters.